The van der Waals surface area contributed by atoms with E-state index in [4.69, 9.17) is 16.3 Å². The van der Waals surface area contributed by atoms with Gasteiger partial charge in [-0.1, -0.05) is 54.1 Å². The largest absolute Gasteiger partial charge is 0.379 e. The molecule has 0 saturated carbocycles. The average Bonchev–Trinajstić information content (AvgIpc) is 2.74. The van der Waals surface area contributed by atoms with E-state index in [1.807, 2.05) is 42.5 Å². The van der Waals surface area contributed by atoms with Crippen LogP contribution >= 0.6 is 23.4 Å². The second-order valence-electron chi connectivity index (χ2n) is 6.81. The number of thioether (sulfide) groups is 1. The number of halogens is 1. The molecule has 1 N–H and O–H groups in total. The van der Waals surface area contributed by atoms with Crippen molar-refractivity contribution in [3.63, 3.8) is 0 Å². The summed E-state index contributed by atoms with van der Waals surface area (Å²) in [7, 11) is 0. The highest BCUT2D eigenvalue weighted by Crippen LogP contribution is 2.35. The Morgan fingerprint density at radius 1 is 1.07 bits per heavy atom. The third-order valence-corrected chi connectivity index (χ3v) is 6.29. The normalized spacial score (nSPS) is 15.9. The Hall–Kier alpha value is -1.53. The molecular weight excluding hydrogens is 392 g/mol. The van der Waals surface area contributed by atoms with Crippen molar-refractivity contribution >= 4 is 29.3 Å². The topological polar surface area (TPSA) is 41.6 Å². The van der Waals surface area contributed by atoms with Crippen molar-refractivity contribution in [3.05, 3.63) is 70.7 Å². The van der Waals surface area contributed by atoms with Crippen LogP contribution in [0.2, 0.25) is 5.02 Å². The summed E-state index contributed by atoms with van der Waals surface area (Å²) in [5.41, 5.74) is 2.34. The van der Waals surface area contributed by atoms with Crippen LogP contribution in [0.25, 0.3) is 0 Å². The number of nitrogens with zero attached hydrogens (tertiary/aromatic N) is 1. The zero-order valence-corrected chi connectivity index (χ0v) is 17.6. The number of carbonyl (C=O) groups excluding carboxylic acids is 1. The van der Waals surface area contributed by atoms with Crippen molar-refractivity contribution < 1.29 is 9.53 Å². The molecule has 3 rings (SSSR count). The van der Waals surface area contributed by atoms with Crippen molar-refractivity contribution in [2.24, 2.45) is 0 Å². The van der Waals surface area contributed by atoms with Crippen LogP contribution in [0, 0.1) is 0 Å². The molecule has 2 aromatic rings. The van der Waals surface area contributed by atoms with Gasteiger partial charge in [0, 0.05) is 24.7 Å². The summed E-state index contributed by atoms with van der Waals surface area (Å²) in [6.45, 7) is 5.33. The predicted octanol–water partition coefficient (Wildman–Crippen LogP) is 4.00. The first kappa shape index (κ1) is 21.2. The zero-order valence-electron chi connectivity index (χ0n) is 16.0. The average molecular weight is 419 g/mol. The Labute approximate surface area is 176 Å². The number of hydrogen-bond donors (Lipinski definition) is 1. The molecule has 0 aliphatic carbocycles. The van der Waals surface area contributed by atoms with Gasteiger partial charge in [-0.05, 0) is 36.2 Å². The summed E-state index contributed by atoms with van der Waals surface area (Å²) in [4.78, 5) is 14.7. The van der Waals surface area contributed by atoms with E-state index in [9.17, 15) is 4.79 Å². The zero-order chi connectivity index (χ0) is 19.6. The van der Waals surface area contributed by atoms with Gasteiger partial charge >= 0.3 is 0 Å². The van der Waals surface area contributed by atoms with Gasteiger partial charge in [0.05, 0.1) is 24.2 Å². The first-order chi connectivity index (χ1) is 13.7. The minimum atomic E-state index is 0.0851. The number of morpholine rings is 1. The van der Waals surface area contributed by atoms with E-state index in [-0.39, 0.29) is 11.2 Å². The van der Waals surface area contributed by atoms with E-state index in [0.29, 0.717) is 12.3 Å². The van der Waals surface area contributed by atoms with E-state index in [1.165, 1.54) is 5.56 Å². The van der Waals surface area contributed by atoms with Crippen LogP contribution in [-0.4, -0.2) is 56.0 Å². The summed E-state index contributed by atoms with van der Waals surface area (Å²) in [6.07, 6.45) is 0.968. The van der Waals surface area contributed by atoms with Crippen LogP contribution in [0.1, 0.15) is 22.8 Å². The summed E-state index contributed by atoms with van der Waals surface area (Å²) in [5.74, 6) is 0.515. The molecule has 0 spiro atoms. The highest BCUT2D eigenvalue weighted by Gasteiger charge is 2.16. The summed E-state index contributed by atoms with van der Waals surface area (Å²) in [6, 6.07) is 18.2. The van der Waals surface area contributed by atoms with Crippen LogP contribution in [0.5, 0.6) is 0 Å². The second kappa shape index (κ2) is 11.5. The van der Waals surface area contributed by atoms with Gasteiger partial charge in [-0.15, -0.1) is 11.8 Å². The van der Waals surface area contributed by atoms with Crippen molar-refractivity contribution in [3.8, 4) is 0 Å². The highest BCUT2D eigenvalue weighted by molar-refractivity contribution is 8.00. The van der Waals surface area contributed by atoms with E-state index in [0.717, 1.165) is 49.9 Å². The summed E-state index contributed by atoms with van der Waals surface area (Å²) < 4.78 is 5.36. The van der Waals surface area contributed by atoms with Crippen molar-refractivity contribution in [1.29, 1.82) is 0 Å². The number of nitrogens with one attached hydrogen (secondary N) is 1. The monoisotopic (exact) mass is 418 g/mol. The molecule has 6 heteroatoms. The maximum absolute atomic E-state index is 12.3. The third kappa shape index (κ3) is 6.82. The van der Waals surface area contributed by atoms with E-state index < -0.39 is 0 Å². The van der Waals surface area contributed by atoms with Gasteiger partial charge in [-0.2, -0.15) is 0 Å². The lowest BCUT2D eigenvalue weighted by Crippen LogP contribution is -2.38. The van der Waals surface area contributed by atoms with Gasteiger partial charge in [-0.3, -0.25) is 9.69 Å². The third-order valence-electron chi connectivity index (χ3n) is 4.73. The maximum atomic E-state index is 12.3. The van der Waals surface area contributed by atoms with Crippen LogP contribution in [0.3, 0.4) is 0 Å². The quantitative estimate of drug-likeness (QED) is 0.625. The first-order valence-electron chi connectivity index (χ1n) is 9.71. The molecule has 0 bridgehead atoms. The fourth-order valence-electron chi connectivity index (χ4n) is 3.22. The molecule has 2 aromatic carbocycles. The summed E-state index contributed by atoms with van der Waals surface area (Å²) >= 11 is 7.68. The number of hydrogen-bond acceptors (Lipinski definition) is 4. The van der Waals surface area contributed by atoms with Crippen LogP contribution < -0.4 is 5.32 Å². The van der Waals surface area contributed by atoms with Gasteiger partial charge < -0.3 is 10.1 Å². The number of carbonyl (C=O) groups is 1. The Morgan fingerprint density at radius 3 is 2.46 bits per heavy atom. The van der Waals surface area contributed by atoms with E-state index >= 15 is 0 Å². The molecule has 0 radical (unpaired) electrons. The Balaban J connectivity index is 1.47. The van der Waals surface area contributed by atoms with E-state index in [2.05, 4.69) is 22.3 Å². The van der Waals surface area contributed by atoms with Gasteiger partial charge in [0.2, 0.25) is 5.91 Å². The van der Waals surface area contributed by atoms with Gasteiger partial charge in [0.15, 0.2) is 0 Å². The minimum Gasteiger partial charge on any atom is -0.379 e. The fourth-order valence-corrected chi connectivity index (χ4v) is 4.46. The summed E-state index contributed by atoms with van der Waals surface area (Å²) in [5, 5.41) is 3.88. The van der Waals surface area contributed by atoms with Crippen LogP contribution in [0.15, 0.2) is 54.6 Å². The van der Waals surface area contributed by atoms with Crippen molar-refractivity contribution in [2.45, 2.75) is 11.7 Å². The number of amides is 1. The lowest BCUT2D eigenvalue weighted by atomic mass is 10.0. The van der Waals surface area contributed by atoms with E-state index in [1.54, 1.807) is 11.8 Å². The molecule has 1 fully saturated rings. The molecule has 1 atom stereocenters. The number of ether oxygens (including phenoxy) is 1. The SMILES string of the molecule is O=C(CSC(c1ccccc1)c1ccc(Cl)cc1)NCCCN1CCOCC1. The first-order valence-corrected chi connectivity index (χ1v) is 11.1. The standard InChI is InChI=1S/C22H27ClN2O2S/c23-20-9-7-19(8-10-20)22(18-5-2-1-3-6-18)28-17-21(26)24-11-4-12-25-13-15-27-16-14-25/h1-3,5-10,22H,4,11-17H2,(H,24,26). The molecule has 1 saturated heterocycles. The maximum Gasteiger partial charge on any atom is 0.230 e. The number of rotatable bonds is 9. The van der Waals surface area contributed by atoms with Crippen molar-refractivity contribution in [2.75, 3.05) is 45.1 Å². The van der Waals surface area contributed by atoms with Crippen LogP contribution in [0.4, 0.5) is 0 Å². The molecule has 1 amide bonds. The van der Waals surface area contributed by atoms with Gasteiger partial charge in [-0.25, -0.2) is 0 Å². The lowest BCUT2D eigenvalue weighted by Gasteiger charge is -2.26. The van der Waals surface area contributed by atoms with Gasteiger partial charge in [0.1, 0.15) is 0 Å². The Kier molecular flexibility index (Phi) is 8.68. The molecule has 1 aliphatic rings. The second-order valence-corrected chi connectivity index (χ2v) is 8.34. The Bertz CT molecular complexity index is 721. The molecular formula is C22H27ClN2O2S. The molecule has 0 aromatic heterocycles. The molecule has 1 heterocycles. The predicted molar refractivity (Wildman–Crippen MR) is 117 cm³/mol. The fraction of sp³-hybridized carbons (Fsp3) is 0.409. The van der Waals surface area contributed by atoms with Crippen LogP contribution in [-0.2, 0) is 9.53 Å². The molecule has 150 valence electrons. The molecule has 1 unspecified atom stereocenters. The van der Waals surface area contributed by atoms with Crippen molar-refractivity contribution in [1.82, 2.24) is 10.2 Å². The van der Waals surface area contributed by atoms with Gasteiger partial charge in [0.25, 0.3) is 0 Å². The minimum absolute atomic E-state index is 0.0851. The highest BCUT2D eigenvalue weighted by atomic mass is 35.5. The Morgan fingerprint density at radius 2 is 1.75 bits per heavy atom. The molecule has 1 aliphatic heterocycles. The lowest BCUT2D eigenvalue weighted by molar-refractivity contribution is -0.118. The molecule has 28 heavy (non-hydrogen) atoms. The smallest absolute Gasteiger partial charge is 0.230 e. The number of benzene rings is 2. The molecule has 4 nitrogen and oxygen atoms in total.